The molecule has 2 bridgehead atoms. The first kappa shape index (κ1) is 4.45. The first-order chi connectivity index (χ1) is 4.36. The fourth-order valence-electron chi connectivity index (χ4n) is 2.36. The molecule has 1 heterocycles. The van der Waals surface area contributed by atoms with E-state index in [2.05, 4.69) is 0 Å². The lowest BCUT2D eigenvalue weighted by Crippen LogP contribution is -2.16. The van der Waals surface area contributed by atoms with Crippen LogP contribution < -0.4 is 0 Å². The Balaban J connectivity index is 2.04. The van der Waals surface area contributed by atoms with Crippen LogP contribution in [0.15, 0.2) is 0 Å². The highest BCUT2D eigenvalue weighted by Crippen LogP contribution is 2.54. The molecule has 48 valence electrons. The Kier molecular flexibility index (Phi) is 0.533. The van der Waals surface area contributed by atoms with Crippen molar-refractivity contribution in [2.24, 2.45) is 11.8 Å². The van der Waals surface area contributed by atoms with Gasteiger partial charge in [-0.15, -0.1) is 0 Å². The van der Waals surface area contributed by atoms with Crippen molar-refractivity contribution in [1.82, 2.24) is 0 Å². The van der Waals surface area contributed by atoms with Crippen molar-refractivity contribution in [2.45, 2.75) is 25.0 Å². The van der Waals surface area contributed by atoms with Gasteiger partial charge in [-0.05, 0) is 12.3 Å². The molecule has 0 radical (unpaired) electrons. The van der Waals surface area contributed by atoms with Crippen LogP contribution in [-0.4, -0.2) is 18.0 Å². The molecule has 0 unspecified atom stereocenters. The second kappa shape index (κ2) is 1.08. The Morgan fingerprint density at radius 1 is 1.44 bits per heavy atom. The highest BCUT2D eigenvalue weighted by atomic mass is 16.6. The zero-order valence-corrected chi connectivity index (χ0v) is 5.04. The van der Waals surface area contributed by atoms with E-state index in [1.807, 2.05) is 0 Å². The molecule has 1 aliphatic heterocycles. The zero-order valence-electron chi connectivity index (χ0n) is 5.04. The summed E-state index contributed by atoms with van der Waals surface area (Å²) < 4.78 is 5.29. The van der Waals surface area contributed by atoms with Crippen LogP contribution in [0.4, 0.5) is 0 Å². The van der Waals surface area contributed by atoms with Gasteiger partial charge in [0.15, 0.2) is 0 Å². The van der Waals surface area contributed by atoms with Crippen molar-refractivity contribution in [3.8, 4) is 0 Å². The minimum Gasteiger partial charge on any atom is -0.368 e. The minimum atomic E-state index is 0.319. The molecule has 3 rings (SSSR count). The summed E-state index contributed by atoms with van der Waals surface area (Å²) in [7, 11) is 0. The maximum atomic E-state index is 11.0. The molecule has 2 nitrogen and oxygen atoms in total. The van der Waals surface area contributed by atoms with Crippen molar-refractivity contribution >= 4 is 5.78 Å². The smallest absolute Gasteiger partial charge is 0.139 e. The van der Waals surface area contributed by atoms with Gasteiger partial charge in [-0.1, -0.05) is 0 Å². The van der Waals surface area contributed by atoms with Crippen LogP contribution >= 0.6 is 0 Å². The van der Waals surface area contributed by atoms with Gasteiger partial charge in [-0.2, -0.15) is 0 Å². The third-order valence-corrected chi connectivity index (χ3v) is 2.86. The lowest BCUT2D eigenvalue weighted by molar-refractivity contribution is -0.121. The summed E-state index contributed by atoms with van der Waals surface area (Å²) in [6.45, 7) is 0. The third-order valence-electron chi connectivity index (χ3n) is 2.86. The number of epoxide rings is 1. The fourth-order valence-corrected chi connectivity index (χ4v) is 2.36. The predicted molar refractivity (Wildman–Crippen MR) is 29.9 cm³/mol. The van der Waals surface area contributed by atoms with Crippen LogP contribution in [0.3, 0.4) is 0 Å². The average Bonchev–Trinajstić information content (AvgIpc) is 2.46. The highest BCUT2D eigenvalue weighted by molar-refractivity contribution is 5.86. The normalized spacial score (nSPS) is 60.2. The minimum absolute atomic E-state index is 0.319. The number of carbonyl (C=O) groups excluding carboxylic acids is 1. The molecular formula is C7H8O2. The Morgan fingerprint density at radius 3 is 2.89 bits per heavy atom. The van der Waals surface area contributed by atoms with Crippen molar-refractivity contribution in [1.29, 1.82) is 0 Å². The maximum Gasteiger partial charge on any atom is 0.139 e. The monoisotopic (exact) mass is 124 g/mol. The van der Waals surface area contributed by atoms with Gasteiger partial charge in [0.1, 0.15) is 5.78 Å². The second-order valence-electron chi connectivity index (χ2n) is 3.34. The molecule has 0 amide bonds. The highest BCUT2D eigenvalue weighted by Gasteiger charge is 2.63. The Morgan fingerprint density at radius 2 is 2.33 bits per heavy atom. The molecule has 2 heteroatoms. The van der Waals surface area contributed by atoms with E-state index in [4.69, 9.17) is 4.74 Å². The van der Waals surface area contributed by atoms with E-state index in [-0.39, 0.29) is 0 Å². The van der Waals surface area contributed by atoms with Crippen LogP contribution in [-0.2, 0) is 9.53 Å². The molecule has 3 fully saturated rings. The van der Waals surface area contributed by atoms with Crippen LogP contribution in [0, 0.1) is 11.8 Å². The number of carbonyl (C=O) groups is 1. The molecule has 4 atom stereocenters. The molecule has 2 aliphatic carbocycles. The molecule has 1 saturated heterocycles. The summed E-state index contributed by atoms with van der Waals surface area (Å²) in [6.07, 6.45) is 2.82. The number of rotatable bonds is 0. The number of hydrogen-bond acceptors (Lipinski definition) is 2. The first-order valence-electron chi connectivity index (χ1n) is 3.54. The van der Waals surface area contributed by atoms with Crippen LogP contribution in [0.1, 0.15) is 12.8 Å². The van der Waals surface area contributed by atoms with Crippen LogP contribution in [0.5, 0.6) is 0 Å². The van der Waals surface area contributed by atoms with Crippen molar-refractivity contribution < 1.29 is 9.53 Å². The summed E-state index contributed by atoms with van der Waals surface area (Å²) in [5.41, 5.74) is 0. The number of hydrogen-bond donors (Lipinski definition) is 0. The van der Waals surface area contributed by atoms with E-state index in [1.165, 1.54) is 0 Å². The number of fused-ring (bicyclic) bond motifs is 5. The number of ether oxygens (including phenoxy) is 1. The van der Waals surface area contributed by atoms with Gasteiger partial charge in [0, 0.05) is 12.3 Å². The van der Waals surface area contributed by atoms with E-state index < -0.39 is 0 Å². The molecule has 0 aromatic heterocycles. The van der Waals surface area contributed by atoms with Gasteiger partial charge in [0.05, 0.1) is 12.2 Å². The van der Waals surface area contributed by atoms with Gasteiger partial charge in [0.2, 0.25) is 0 Å². The Hall–Kier alpha value is -0.370. The van der Waals surface area contributed by atoms with Crippen molar-refractivity contribution in [3.05, 3.63) is 0 Å². The van der Waals surface area contributed by atoms with Crippen LogP contribution in [0.2, 0.25) is 0 Å². The summed E-state index contributed by atoms with van der Waals surface area (Å²) >= 11 is 0. The van der Waals surface area contributed by atoms with Gasteiger partial charge in [0.25, 0.3) is 0 Å². The zero-order chi connectivity index (χ0) is 6.01. The number of ketones is 1. The van der Waals surface area contributed by atoms with Crippen molar-refractivity contribution in [3.63, 3.8) is 0 Å². The lowest BCUT2D eigenvalue weighted by Gasteiger charge is -1.99. The molecule has 9 heavy (non-hydrogen) atoms. The standard InChI is InChI=1S/C7H8O2/c8-5-2-3-1-4(5)7-6(3)9-7/h3-4,6-7H,1-2H2/t3-,4+,6-,7+/m0/s1. The summed E-state index contributed by atoms with van der Waals surface area (Å²) in [6, 6.07) is 0. The molecule has 0 spiro atoms. The summed E-state index contributed by atoms with van der Waals surface area (Å²) in [5, 5.41) is 0. The average molecular weight is 124 g/mol. The van der Waals surface area contributed by atoms with E-state index in [1.54, 1.807) is 0 Å². The lowest BCUT2D eigenvalue weighted by atomic mass is 10.00. The molecule has 0 N–H and O–H groups in total. The van der Waals surface area contributed by atoms with E-state index in [0.29, 0.717) is 29.8 Å². The predicted octanol–water partition coefficient (Wildman–Crippen LogP) is 0.363. The maximum absolute atomic E-state index is 11.0. The Bertz CT molecular complexity index is 187. The summed E-state index contributed by atoms with van der Waals surface area (Å²) in [4.78, 5) is 11.0. The van der Waals surface area contributed by atoms with Gasteiger partial charge >= 0.3 is 0 Å². The van der Waals surface area contributed by atoms with Gasteiger partial charge in [-0.25, -0.2) is 0 Å². The SMILES string of the molecule is O=C1C[C@@H]2C[C@H]1[C@H]1O[C@@H]21. The molecule has 0 aromatic carbocycles. The topological polar surface area (TPSA) is 29.6 Å². The molecule has 0 aromatic rings. The third kappa shape index (κ3) is 0.368. The van der Waals surface area contributed by atoms with Crippen LogP contribution in [0.25, 0.3) is 0 Å². The first-order valence-corrected chi connectivity index (χ1v) is 3.54. The molecular weight excluding hydrogens is 116 g/mol. The quantitative estimate of drug-likeness (QED) is 0.436. The van der Waals surface area contributed by atoms with E-state index in [0.717, 1.165) is 12.8 Å². The molecule has 2 saturated carbocycles. The van der Waals surface area contributed by atoms with Crippen molar-refractivity contribution in [2.75, 3.05) is 0 Å². The number of Topliss-reactive ketones (excluding diaryl/α,β-unsaturated/α-hetero) is 1. The second-order valence-corrected chi connectivity index (χ2v) is 3.34. The van der Waals surface area contributed by atoms with Gasteiger partial charge < -0.3 is 4.74 Å². The van der Waals surface area contributed by atoms with Gasteiger partial charge in [-0.3, -0.25) is 4.79 Å². The molecule has 3 aliphatic rings. The fraction of sp³-hybridized carbons (Fsp3) is 0.857. The Labute approximate surface area is 53.2 Å². The summed E-state index contributed by atoms with van der Waals surface area (Å²) in [5.74, 6) is 1.39. The van der Waals surface area contributed by atoms with E-state index >= 15 is 0 Å². The largest absolute Gasteiger partial charge is 0.368 e. The van der Waals surface area contributed by atoms with E-state index in [9.17, 15) is 4.79 Å².